The number of carbonyl (C=O) groups is 1. The molecule has 2 aliphatic rings. The van der Waals surface area contributed by atoms with E-state index in [1.54, 1.807) is 23.1 Å². The van der Waals surface area contributed by atoms with E-state index in [9.17, 15) is 13.2 Å². The van der Waals surface area contributed by atoms with Crippen molar-refractivity contribution in [3.8, 4) is 0 Å². The third-order valence-corrected chi connectivity index (χ3v) is 3.90. The highest BCUT2D eigenvalue weighted by Gasteiger charge is 2.34. The summed E-state index contributed by atoms with van der Waals surface area (Å²) >= 11 is 0. The van der Waals surface area contributed by atoms with Crippen LogP contribution in [0.15, 0.2) is 23.2 Å². The fourth-order valence-electron chi connectivity index (χ4n) is 2.44. The molecule has 0 fully saturated rings. The molecule has 7 nitrogen and oxygen atoms in total. The van der Waals surface area contributed by atoms with Gasteiger partial charge in [-0.05, 0) is 24.6 Å². The van der Waals surface area contributed by atoms with Gasteiger partial charge in [0.15, 0.2) is 0 Å². The second-order valence-corrected chi connectivity index (χ2v) is 6.40. The van der Waals surface area contributed by atoms with Crippen molar-refractivity contribution in [3.05, 3.63) is 29.3 Å². The van der Waals surface area contributed by atoms with Gasteiger partial charge in [-0.1, -0.05) is 6.07 Å². The Morgan fingerprint density at radius 3 is 2.95 bits per heavy atom. The van der Waals surface area contributed by atoms with Crippen molar-refractivity contribution < 1.29 is 17.8 Å². The average molecular weight is 295 g/mol. The number of urea groups is 1. The largest absolute Gasteiger partial charge is 0.327 e. The van der Waals surface area contributed by atoms with E-state index in [-0.39, 0.29) is 12.1 Å². The SMILES string of the molecule is C[C@@H]1CN2C(=O)Nc3cc(CS(=O)(=O)O)ccc3C2=N1. The normalized spacial score (nSPS) is 21.1. The zero-order chi connectivity index (χ0) is 14.5. The average Bonchev–Trinajstić information content (AvgIpc) is 2.69. The molecule has 0 bridgehead atoms. The molecule has 2 amide bonds. The molecule has 0 unspecified atom stereocenters. The van der Waals surface area contributed by atoms with Crippen molar-refractivity contribution in [1.82, 2.24) is 4.90 Å². The first kappa shape index (κ1) is 13.1. The number of amidine groups is 1. The lowest BCUT2D eigenvalue weighted by molar-refractivity contribution is 0.234. The Kier molecular flexibility index (Phi) is 2.80. The summed E-state index contributed by atoms with van der Waals surface area (Å²) in [6, 6.07) is 4.63. The number of nitrogens with one attached hydrogen (secondary N) is 1. The maximum absolute atomic E-state index is 11.9. The van der Waals surface area contributed by atoms with Gasteiger partial charge in [-0.15, -0.1) is 0 Å². The number of anilines is 1. The van der Waals surface area contributed by atoms with Crippen LogP contribution in [0.2, 0.25) is 0 Å². The monoisotopic (exact) mass is 295 g/mol. The van der Waals surface area contributed by atoms with Gasteiger partial charge >= 0.3 is 6.03 Å². The summed E-state index contributed by atoms with van der Waals surface area (Å²) in [7, 11) is -4.10. The Bertz CT molecular complexity index is 726. The van der Waals surface area contributed by atoms with E-state index < -0.39 is 15.9 Å². The lowest BCUT2D eigenvalue weighted by atomic mass is 10.1. The molecule has 0 radical (unpaired) electrons. The summed E-state index contributed by atoms with van der Waals surface area (Å²) < 4.78 is 30.7. The Balaban J connectivity index is 2.03. The first-order chi connectivity index (χ1) is 9.33. The first-order valence-electron chi connectivity index (χ1n) is 6.08. The maximum atomic E-state index is 11.9. The highest BCUT2D eigenvalue weighted by molar-refractivity contribution is 7.85. The van der Waals surface area contributed by atoms with Crippen LogP contribution in [0.3, 0.4) is 0 Å². The molecule has 0 saturated heterocycles. The number of fused-ring (bicyclic) bond motifs is 3. The molecule has 1 aromatic rings. The molecular formula is C12H13N3O4S. The molecule has 8 heteroatoms. The molecule has 0 aromatic heterocycles. The highest BCUT2D eigenvalue weighted by Crippen LogP contribution is 2.29. The third kappa shape index (κ3) is 2.27. The van der Waals surface area contributed by atoms with Crippen LogP contribution in [0.5, 0.6) is 0 Å². The Hall–Kier alpha value is -1.93. The Morgan fingerprint density at radius 2 is 2.25 bits per heavy atom. The van der Waals surface area contributed by atoms with Crippen molar-refractivity contribution in [3.63, 3.8) is 0 Å². The predicted molar refractivity (Wildman–Crippen MR) is 73.4 cm³/mol. The summed E-state index contributed by atoms with van der Waals surface area (Å²) in [4.78, 5) is 17.9. The fourth-order valence-corrected chi connectivity index (χ4v) is 3.04. The summed E-state index contributed by atoms with van der Waals surface area (Å²) in [6.45, 7) is 2.46. The minimum absolute atomic E-state index is 0.0409. The van der Waals surface area contributed by atoms with E-state index in [4.69, 9.17) is 4.55 Å². The van der Waals surface area contributed by atoms with Gasteiger partial charge in [-0.2, -0.15) is 8.42 Å². The molecule has 1 atom stereocenters. The van der Waals surface area contributed by atoms with Gasteiger partial charge in [0.2, 0.25) is 0 Å². The lowest BCUT2D eigenvalue weighted by Gasteiger charge is -2.26. The van der Waals surface area contributed by atoms with Crippen LogP contribution in [0, 0.1) is 0 Å². The minimum Gasteiger partial charge on any atom is -0.307 e. The third-order valence-electron chi connectivity index (χ3n) is 3.21. The van der Waals surface area contributed by atoms with Crippen LogP contribution in [0.1, 0.15) is 18.1 Å². The molecule has 20 heavy (non-hydrogen) atoms. The minimum atomic E-state index is -4.10. The van der Waals surface area contributed by atoms with E-state index in [2.05, 4.69) is 10.3 Å². The van der Waals surface area contributed by atoms with E-state index in [0.717, 1.165) is 5.56 Å². The van der Waals surface area contributed by atoms with Crippen LogP contribution < -0.4 is 5.32 Å². The second-order valence-electron chi connectivity index (χ2n) is 4.95. The quantitative estimate of drug-likeness (QED) is 0.797. The summed E-state index contributed by atoms with van der Waals surface area (Å²) in [5.74, 6) is 0.123. The summed E-state index contributed by atoms with van der Waals surface area (Å²) in [6.07, 6.45) is 0. The molecule has 2 heterocycles. The molecule has 3 rings (SSSR count). The van der Waals surface area contributed by atoms with E-state index >= 15 is 0 Å². The maximum Gasteiger partial charge on any atom is 0.327 e. The molecule has 0 saturated carbocycles. The van der Waals surface area contributed by atoms with Gasteiger partial charge in [0.1, 0.15) is 11.6 Å². The highest BCUT2D eigenvalue weighted by atomic mass is 32.2. The van der Waals surface area contributed by atoms with Crippen LogP contribution in [-0.2, 0) is 15.9 Å². The topological polar surface area (TPSA) is 99.1 Å². The number of nitrogens with zero attached hydrogens (tertiary/aromatic N) is 2. The van der Waals surface area contributed by atoms with Gasteiger partial charge in [0.25, 0.3) is 10.1 Å². The number of rotatable bonds is 2. The predicted octanol–water partition coefficient (Wildman–Crippen LogP) is 1.07. The van der Waals surface area contributed by atoms with Crippen molar-refractivity contribution in [2.24, 2.45) is 4.99 Å². The molecule has 2 aliphatic heterocycles. The molecule has 1 aromatic carbocycles. The van der Waals surface area contributed by atoms with E-state index in [1.807, 2.05) is 6.92 Å². The van der Waals surface area contributed by atoms with Crippen molar-refractivity contribution in [2.45, 2.75) is 18.7 Å². The lowest BCUT2D eigenvalue weighted by Crippen LogP contribution is -2.43. The van der Waals surface area contributed by atoms with Gasteiger partial charge in [0, 0.05) is 5.56 Å². The summed E-state index contributed by atoms with van der Waals surface area (Å²) in [5.41, 5.74) is 1.68. The zero-order valence-corrected chi connectivity index (χ0v) is 11.5. The smallest absolute Gasteiger partial charge is 0.307 e. The van der Waals surface area contributed by atoms with Crippen molar-refractivity contribution in [2.75, 3.05) is 11.9 Å². The van der Waals surface area contributed by atoms with Crippen LogP contribution in [0.4, 0.5) is 10.5 Å². The molecule has 106 valence electrons. The number of amides is 2. The Morgan fingerprint density at radius 1 is 1.50 bits per heavy atom. The zero-order valence-electron chi connectivity index (χ0n) is 10.7. The number of carbonyl (C=O) groups excluding carboxylic acids is 1. The molecule has 0 aliphatic carbocycles. The van der Waals surface area contributed by atoms with Gasteiger partial charge < -0.3 is 5.32 Å². The van der Waals surface area contributed by atoms with Gasteiger partial charge in [-0.25, -0.2) is 4.79 Å². The van der Waals surface area contributed by atoms with E-state index in [0.29, 0.717) is 23.6 Å². The number of hydrogen-bond acceptors (Lipinski definition) is 4. The number of benzene rings is 1. The Labute approximate surface area is 116 Å². The summed E-state index contributed by atoms with van der Waals surface area (Å²) in [5, 5.41) is 2.71. The fraction of sp³-hybridized carbons (Fsp3) is 0.333. The van der Waals surface area contributed by atoms with E-state index in [1.165, 1.54) is 0 Å². The standard InChI is InChI=1S/C12H13N3O4S/c1-7-5-15-11(13-7)9-3-2-8(6-20(17,18)19)4-10(9)14-12(15)16/h2-4,7H,5-6H2,1H3,(H,14,16)(H,17,18,19)/t7-/m1/s1. The van der Waals surface area contributed by atoms with Crippen molar-refractivity contribution in [1.29, 1.82) is 0 Å². The van der Waals surface area contributed by atoms with Crippen LogP contribution in [0.25, 0.3) is 0 Å². The van der Waals surface area contributed by atoms with Crippen LogP contribution in [-0.4, -0.2) is 42.3 Å². The second kappa shape index (κ2) is 4.29. The number of hydrogen-bond donors (Lipinski definition) is 2. The van der Waals surface area contributed by atoms with Gasteiger partial charge in [-0.3, -0.25) is 14.4 Å². The van der Waals surface area contributed by atoms with Crippen LogP contribution >= 0.6 is 0 Å². The first-order valence-corrected chi connectivity index (χ1v) is 7.69. The molecular weight excluding hydrogens is 282 g/mol. The number of aliphatic imine (C=N–C) groups is 1. The molecule has 0 spiro atoms. The van der Waals surface area contributed by atoms with Crippen molar-refractivity contribution >= 4 is 27.7 Å². The van der Waals surface area contributed by atoms with Gasteiger partial charge in [0.05, 0.1) is 18.3 Å². The molecule has 2 N–H and O–H groups in total.